The van der Waals surface area contributed by atoms with E-state index in [1.54, 1.807) is 18.2 Å². The second-order valence-corrected chi connectivity index (χ2v) is 7.87. The summed E-state index contributed by atoms with van der Waals surface area (Å²) >= 11 is 0. The maximum atomic E-state index is 11.6. The second-order valence-electron chi connectivity index (χ2n) is 7.87. The van der Waals surface area contributed by atoms with Crippen LogP contribution in [-0.2, 0) is 0 Å². The van der Waals surface area contributed by atoms with Crippen molar-refractivity contribution >= 4 is 10.9 Å². The van der Waals surface area contributed by atoms with Crippen LogP contribution in [0.15, 0.2) is 29.1 Å². The first-order valence-corrected chi connectivity index (χ1v) is 9.92. The molecule has 2 aliphatic rings. The molecule has 0 spiro atoms. The number of phenols is 1. The van der Waals surface area contributed by atoms with Crippen molar-refractivity contribution < 1.29 is 10.2 Å². The lowest BCUT2D eigenvalue weighted by Crippen LogP contribution is -2.43. The predicted octanol–water partition coefficient (Wildman–Crippen LogP) is 3.45. The van der Waals surface area contributed by atoms with Crippen molar-refractivity contribution in [3.63, 3.8) is 0 Å². The van der Waals surface area contributed by atoms with Gasteiger partial charge in [0.1, 0.15) is 5.75 Å². The van der Waals surface area contributed by atoms with Gasteiger partial charge in [0.2, 0.25) is 5.56 Å². The first-order valence-electron chi connectivity index (χ1n) is 9.92. The van der Waals surface area contributed by atoms with E-state index < -0.39 is 6.10 Å². The lowest BCUT2D eigenvalue weighted by Gasteiger charge is -2.36. The number of pyridine rings is 1. The molecule has 0 amide bonds. The molecule has 4 rings (SSSR count). The highest BCUT2D eigenvalue weighted by Gasteiger charge is 2.32. The van der Waals surface area contributed by atoms with Crippen LogP contribution in [0.2, 0.25) is 0 Å². The van der Waals surface area contributed by atoms with Gasteiger partial charge < -0.3 is 15.2 Å². The van der Waals surface area contributed by atoms with Crippen LogP contribution in [0, 0.1) is 0 Å². The van der Waals surface area contributed by atoms with E-state index in [2.05, 4.69) is 9.88 Å². The van der Waals surface area contributed by atoms with E-state index in [9.17, 15) is 15.0 Å². The van der Waals surface area contributed by atoms with Crippen LogP contribution >= 0.6 is 0 Å². The van der Waals surface area contributed by atoms with Crippen LogP contribution in [0.5, 0.6) is 5.75 Å². The number of rotatable bonds is 5. The number of nitrogens with zero attached hydrogens (tertiary/aromatic N) is 1. The maximum absolute atomic E-state index is 11.6. The summed E-state index contributed by atoms with van der Waals surface area (Å²) in [5.41, 5.74) is 0.926. The molecule has 2 aromatic rings. The van der Waals surface area contributed by atoms with Gasteiger partial charge in [-0.3, -0.25) is 9.69 Å². The van der Waals surface area contributed by atoms with Crippen molar-refractivity contribution in [3.05, 3.63) is 40.2 Å². The number of hydrogen-bond donors (Lipinski definition) is 3. The number of aliphatic hydroxyl groups is 1. The van der Waals surface area contributed by atoms with Crippen LogP contribution in [-0.4, -0.2) is 38.7 Å². The molecule has 1 aromatic carbocycles. The van der Waals surface area contributed by atoms with Crippen LogP contribution in [0.1, 0.15) is 63.0 Å². The van der Waals surface area contributed by atoms with Crippen molar-refractivity contribution in [2.45, 2.75) is 69.6 Å². The summed E-state index contributed by atoms with van der Waals surface area (Å²) in [4.78, 5) is 16.8. The van der Waals surface area contributed by atoms with E-state index in [1.807, 2.05) is 0 Å². The Labute approximate surface area is 153 Å². The van der Waals surface area contributed by atoms with E-state index in [-0.39, 0.29) is 11.3 Å². The summed E-state index contributed by atoms with van der Waals surface area (Å²) in [6.45, 7) is 0.619. The number of phenolic OH excluding ortho intramolecular Hbond substituents is 1. The summed E-state index contributed by atoms with van der Waals surface area (Å²) in [5, 5.41) is 21.8. The quantitative estimate of drug-likeness (QED) is 0.767. The molecule has 0 unspecified atom stereocenters. The Kier molecular flexibility index (Phi) is 5.00. The van der Waals surface area contributed by atoms with Gasteiger partial charge in [0.15, 0.2) is 0 Å². The number of H-pyrrole nitrogens is 1. The number of aliphatic hydroxyl groups excluding tert-OH is 1. The van der Waals surface area contributed by atoms with Crippen LogP contribution in [0.3, 0.4) is 0 Å². The maximum Gasteiger partial charge on any atom is 0.248 e. The second kappa shape index (κ2) is 7.41. The smallest absolute Gasteiger partial charge is 0.248 e. The first kappa shape index (κ1) is 17.6. The molecule has 5 nitrogen and oxygen atoms in total. The number of nitrogens with one attached hydrogen (secondary N) is 1. The topological polar surface area (TPSA) is 76.6 Å². The Morgan fingerprint density at radius 2 is 1.62 bits per heavy atom. The van der Waals surface area contributed by atoms with Gasteiger partial charge >= 0.3 is 0 Å². The van der Waals surface area contributed by atoms with Crippen molar-refractivity contribution in [1.82, 2.24) is 9.88 Å². The largest absolute Gasteiger partial charge is 0.506 e. The van der Waals surface area contributed by atoms with Gasteiger partial charge in [0.05, 0.1) is 11.6 Å². The minimum absolute atomic E-state index is 0.0390. The Morgan fingerprint density at radius 3 is 2.23 bits per heavy atom. The molecule has 0 radical (unpaired) electrons. The highest BCUT2D eigenvalue weighted by Crippen LogP contribution is 2.35. The van der Waals surface area contributed by atoms with Crippen molar-refractivity contribution in [2.75, 3.05) is 6.54 Å². The zero-order valence-corrected chi connectivity index (χ0v) is 15.2. The van der Waals surface area contributed by atoms with Crippen LogP contribution in [0.4, 0.5) is 0 Å². The van der Waals surface area contributed by atoms with Crippen LogP contribution < -0.4 is 5.56 Å². The number of aromatic nitrogens is 1. The number of hydrogen-bond acceptors (Lipinski definition) is 4. The van der Waals surface area contributed by atoms with E-state index >= 15 is 0 Å². The molecular weight excluding hydrogens is 328 g/mol. The predicted molar refractivity (Wildman–Crippen MR) is 102 cm³/mol. The average Bonchev–Trinajstić information content (AvgIpc) is 3.34. The van der Waals surface area contributed by atoms with Gasteiger partial charge in [0.25, 0.3) is 0 Å². The molecule has 5 heteroatoms. The molecule has 0 aliphatic heterocycles. The number of fused-ring (bicyclic) bond motifs is 1. The van der Waals surface area contributed by atoms with Crippen molar-refractivity contribution in [1.29, 1.82) is 0 Å². The van der Waals surface area contributed by atoms with Gasteiger partial charge in [-0.1, -0.05) is 31.7 Å². The lowest BCUT2D eigenvalue weighted by molar-refractivity contribution is 0.0588. The Balaban J connectivity index is 1.63. The Hall–Kier alpha value is -1.85. The average molecular weight is 356 g/mol. The summed E-state index contributed by atoms with van der Waals surface area (Å²) in [6, 6.07) is 7.65. The summed E-state index contributed by atoms with van der Waals surface area (Å²) in [6.07, 6.45) is 9.42. The SMILES string of the molecule is O=c1ccc2c([C@@H](O)CN(C3CCCC3)C3CCCC3)ccc(O)c2[nH]1. The van der Waals surface area contributed by atoms with E-state index in [0.29, 0.717) is 24.1 Å². The molecule has 1 heterocycles. The minimum Gasteiger partial charge on any atom is -0.506 e. The van der Waals surface area contributed by atoms with E-state index in [1.165, 1.54) is 57.4 Å². The van der Waals surface area contributed by atoms with E-state index in [4.69, 9.17) is 0 Å². The number of aromatic hydroxyl groups is 1. The van der Waals surface area contributed by atoms with Crippen molar-refractivity contribution in [2.24, 2.45) is 0 Å². The molecule has 2 fully saturated rings. The molecule has 1 aromatic heterocycles. The third-order valence-corrected chi connectivity index (χ3v) is 6.24. The number of aromatic amines is 1. The molecule has 26 heavy (non-hydrogen) atoms. The van der Waals surface area contributed by atoms with Gasteiger partial charge in [-0.25, -0.2) is 0 Å². The summed E-state index contributed by atoms with van der Waals surface area (Å²) in [7, 11) is 0. The molecular formula is C21H28N2O3. The van der Waals surface area contributed by atoms with Gasteiger partial charge in [-0.2, -0.15) is 0 Å². The summed E-state index contributed by atoms with van der Waals surface area (Å²) < 4.78 is 0. The minimum atomic E-state index is -0.634. The Bertz CT molecular complexity index is 804. The van der Waals surface area contributed by atoms with Gasteiger partial charge in [0, 0.05) is 30.1 Å². The normalized spacial score (nSPS) is 20.4. The molecule has 0 saturated heterocycles. The lowest BCUT2D eigenvalue weighted by atomic mass is 10.00. The molecule has 0 bridgehead atoms. The van der Waals surface area contributed by atoms with E-state index in [0.717, 1.165) is 10.9 Å². The third-order valence-electron chi connectivity index (χ3n) is 6.24. The molecule has 1 atom stereocenters. The third kappa shape index (κ3) is 3.38. The van der Waals surface area contributed by atoms with Crippen LogP contribution in [0.25, 0.3) is 10.9 Å². The Morgan fingerprint density at radius 1 is 1.00 bits per heavy atom. The molecule has 3 N–H and O–H groups in total. The zero-order valence-electron chi connectivity index (χ0n) is 15.2. The van der Waals surface area contributed by atoms with Gasteiger partial charge in [-0.15, -0.1) is 0 Å². The standard InChI is InChI=1S/C21H28N2O3/c24-18-11-9-16(17-10-12-20(26)22-21(17)18)19(25)13-23(14-5-1-2-6-14)15-7-3-4-8-15/h9-12,14-15,19,24-25H,1-8,13H2,(H,22,26)/t19-/m0/s1. The fourth-order valence-electron chi connectivity index (χ4n) is 4.92. The van der Waals surface area contributed by atoms with Crippen molar-refractivity contribution in [3.8, 4) is 5.75 Å². The fourth-order valence-corrected chi connectivity index (χ4v) is 4.92. The number of benzene rings is 1. The zero-order chi connectivity index (χ0) is 18.1. The molecule has 140 valence electrons. The molecule has 2 aliphatic carbocycles. The monoisotopic (exact) mass is 356 g/mol. The highest BCUT2D eigenvalue weighted by atomic mass is 16.3. The fraction of sp³-hybridized carbons (Fsp3) is 0.571. The molecule has 2 saturated carbocycles. The summed E-state index contributed by atoms with van der Waals surface area (Å²) in [5.74, 6) is 0.0390. The van der Waals surface area contributed by atoms with Gasteiger partial charge in [-0.05, 0) is 43.4 Å². The highest BCUT2D eigenvalue weighted by molar-refractivity contribution is 5.87. The first-order chi connectivity index (χ1) is 12.6.